The lowest BCUT2D eigenvalue weighted by atomic mass is 9.82. The van der Waals surface area contributed by atoms with E-state index in [1.165, 1.54) is 25.6 Å². The Balaban J connectivity index is 1.88. The van der Waals surface area contributed by atoms with Crippen molar-refractivity contribution < 1.29 is 14.3 Å². The maximum atomic E-state index is 14.9. The predicted molar refractivity (Wildman–Crippen MR) is 115 cm³/mol. The van der Waals surface area contributed by atoms with Crippen LogP contribution in [0.15, 0.2) is 24.7 Å². The quantitative estimate of drug-likeness (QED) is 0.648. The van der Waals surface area contributed by atoms with Crippen molar-refractivity contribution in [2.24, 2.45) is 12.8 Å². The molecule has 7 nitrogen and oxygen atoms in total. The van der Waals surface area contributed by atoms with Crippen LogP contribution in [0.4, 0.5) is 10.1 Å². The molecule has 0 aliphatic heterocycles. The average Bonchev–Trinajstić information content (AvgIpc) is 3.11. The van der Waals surface area contributed by atoms with Crippen molar-refractivity contribution in [1.82, 2.24) is 14.8 Å². The molecule has 3 N–H and O–H groups in total. The lowest BCUT2D eigenvalue weighted by molar-refractivity contribution is -0.000439. The second-order valence-corrected chi connectivity index (χ2v) is 9.00. The lowest BCUT2D eigenvalue weighted by Crippen LogP contribution is -2.48. The fraction of sp³-hybridized carbons (Fsp3) is 0.571. The van der Waals surface area contributed by atoms with Gasteiger partial charge in [0, 0.05) is 25.5 Å². The first-order chi connectivity index (χ1) is 14.1. The molecule has 0 unspecified atom stereocenters. The number of aryl methyl sites for hydroxylation is 1. The van der Waals surface area contributed by atoms with Gasteiger partial charge in [0.2, 0.25) is 0 Å². The molecule has 3 rings (SSSR count). The number of amides is 1. The van der Waals surface area contributed by atoms with Crippen LogP contribution >= 0.6 is 11.6 Å². The summed E-state index contributed by atoms with van der Waals surface area (Å²) < 4.78 is 16.7. The number of carbonyl (C=O) groups is 1. The van der Waals surface area contributed by atoms with Gasteiger partial charge in [-0.15, -0.1) is 0 Å². The minimum absolute atomic E-state index is 0.0184. The first-order valence-corrected chi connectivity index (χ1v) is 10.5. The normalized spacial score (nSPS) is 20.7. The molecule has 1 fully saturated rings. The maximum Gasteiger partial charge on any atom is 0.252 e. The zero-order valence-electron chi connectivity index (χ0n) is 17.6. The number of nitrogens with two attached hydrogens (primary N) is 1. The molecular formula is C21H29ClFN5O2. The molecule has 2 aromatic heterocycles. The fourth-order valence-corrected chi connectivity index (χ4v) is 4.21. The van der Waals surface area contributed by atoms with E-state index in [1.807, 2.05) is 24.3 Å². The largest absolute Gasteiger partial charge is 0.387 e. The van der Waals surface area contributed by atoms with Gasteiger partial charge in [-0.05, 0) is 57.1 Å². The number of carbonyl (C=O) groups excluding carboxylic acids is 1. The Morgan fingerprint density at radius 1 is 1.40 bits per heavy atom. The van der Waals surface area contributed by atoms with Crippen LogP contribution in [0.3, 0.4) is 0 Å². The van der Waals surface area contributed by atoms with E-state index in [0.717, 1.165) is 25.7 Å². The van der Waals surface area contributed by atoms with E-state index in [2.05, 4.69) is 10.1 Å². The molecule has 1 amide bonds. The molecule has 1 atom stereocenters. The number of aliphatic hydroxyl groups is 1. The number of anilines is 1. The Kier molecular flexibility index (Phi) is 6.67. The maximum absolute atomic E-state index is 14.9. The summed E-state index contributed by atoms with van der Waals surface area (Å²) in [6, 6.07) is 1.53. The third-order valence-corrected chi connectivity index (χ3v) is 6.09. The third kappa shape index (κ3) is 5.10. The van der Waals surface area contributed by atoms with Crippen molar-refractivity contribution in [1.29, 1.82) is 0 Å². The fourth-order valence-electron chi connectivity index (χ4n) is 4.06. The van der Waals surface area contributed by atoms with Gasteiger partial charge in [-0.25, -0.2) is 9.37 Å². The van der Waals surface area contributed by atoms with Crippen LogP contribution < -0.4 is 10.6 Å². The minimum Gasteiger partial charge on any atom is -0.387 e. The van der Waals surface area contributed by atoms with E-state index < -0.39 is 17.7 Å². The number of hydrogen-bond donors (Lipinski definition) is 2. The summed E-state index contributed by atoms with van der Waals surface area (Å²) in [6.45, 7) is 2.79. The summed E-state index contributed by atoms with van der Waals surface area (Å²) >= 11 is 6.09. The van der Waals surface area contributed by atoms with Crippen molar-refractivity contribution in [2.75, 3.05) is 11.4 Å². The summed E-state index contributed by atoms with van der Waals surface area (Å²) in [5.74, 6) is -0.259. The van der Waals surface area contributed by atoms with Gasteiger partial charge in [0.05, 0.1) is 29.6 Å². The van der Waals surface area contributed by atoms with E-state index >= 15 is 0 Å². The molecule has 0 spiro atoms. The molecule has 1 aliphatic carbocycles. The molecule has 0 saturated heterocycles. The molecule has 30 heavy (non-hydrogen) atoms. The van der Waals surface area contributed by atoms with Crippen LogP contribution in [0.5, 0.6) is 0 Å². The van der Waals surface area contributed by atoms with Crippen LogP contribution in [0.25, 0.3) is 0 Å². The highest BCUT2D eigenvalue weighted by atomic mass is 35.5. The smallest absolute Gasteiger partial charge is 0.252 e. The van der Waals surface area contributed by atoms with Gasteiger partial charge in [-0.3, -0.25) is 9.48 Å². The lowest BCUT2D eigenvalue weighted by Gasteiger charge is -2.41. The van der Waals surface area contributed by atoms with E-state index in [4.69, 9.17) is 17.3 Å². The summed E-state index contributed by atoms with van der Waals surface area (Å²) in [7, 11) is 1.90. The van der Waals surface area contributed by atoms with Crippen molar-refractivity contribution in [3.05, 3.63) is 40.9 Å². The van der Waals surface area contributed by atoms with Crippen molar-refractivity contribution in [3.63, 3.8) is 0 Å². The van der Waals surface area contributed by atoms with Crippen molar-refractivity contribution >= 4 is 23.2 Å². The van der Waals surface area contributed by atoms with Gasteiger partial charge in [-0.1, -0.05) is 11.6 Å². The van der Waals surface area contributed by atoms with Gasteiger partial charge >= 0.3 is 0 Å². The van der Waals surface area contributed by atoms with Gasteiger partial charge in [0.25, 0.3) is 5.91 Å². The highest BCUT2D eigenvalue weighted by Gasteiger charge is 2.35. The Morgan fingerprint density at radius 3 is 2.60 bits per heavy atom. The summed E-state index contributed by atoms with van der Waals surface area (Å²) in [6.07, 6.45) is 7.15. The number of rotatable bonds is 7. The van der Waals surface area contributed by atoms with Gasteiger partial charge in [0.15, 0.2) is 0 Å². The highest BCUT2D eigenvalue weighted by molar-refractivity contribution is 6.29. The first-order valence-electron chi connectivity index (χ1n) is 10.1. The van der Waals surface area contributed by atoms with Crippen LogP contribution in [0.1, 0.15) is 61.4 Å². The summed E-state index contributed by atoms with van der Waals surface area (Å²) in [5, 5.41) is 14.6. The molecule has 0 radical (unpaired) electrons. The second kappa shape index (κ2) is 8.89. The van der Waals surface area contributed by atoms with Crippen molar-refractivity contribution in [2.45, 2.75) is 63.3 Å². The summed E-state index contributed by atoms with van der Waals surface area (Å²) in [5.41, 5.74) is 5.88. The molecule has 2 heterocycles. The first kappa shape index (κ1) is 22.5. The van der Waals surface area contributed by atoms with Crippen molar-refractivity contribution in [3.8, 4) is 0 Å². The van der Waals surface area contributed by atoms with Gasteiger partial charge < -0.3 is 15.7 Å². The van der Waals surface area contributed by atoms with Gasteiger partial charge in [-0.2, -0.15) is 5.10 Å². The Bertz CT molecular complexity index is 890. The molecule has 164 valence electrons. The number of nitrogens with zero attached hydrogens (tertiary/aromatic N) is 4. The predicted octanol–water partition coefficient (Wildman–Crippen LogP) is 3.21. The Labute approximate surface area is 181 Å². The average molecular weight is 438 g/mol. The molecule has 1 aliphatic rings. The zero-order valence-corrected chi connectivity index (χ0v) is 18.3. The van der Waals surface area contributed by atoms with Crippen LogP contribution in [-0.2, 0) is 7.05 Å². The van der Waals surface area contributed by atoms with E-state index in [9.17, 15) is 14.3 Å². The molecule has 2 aromatic rings. The number of pyridine rings is 1. The number of aromatic nitrogens is 3. The molecule has 9 heteroatoms. The second-order valence-electron chi connectivity index (χ2n) is 8.61. The zero-order chi connectivity index (χ0) is 22.1. The van der Waals surface area contributed by atoms with Crippen LogP contribution in [-0.4, -0.2) is 50.1 Å². The molecular weight excluding hydrogens is 409 g/mol. The molecule has 0 bridgehead atoms. The highest BCUT2D eigenvalue weighted by Crippen LogP contribution is 2.38. The third-order valence-electron chi connectivity index (χ3n) is 5.88. The van der Waals surface area contributed by atoms with Crippen LogP contribution in [0, 0.1) is 0 Å². The molecule has 0 aromatic carbocycles. The van der Waals surface area contributed by atoms with Gasteiger partial charge in [0.1, 0.15) is 11.3 Å². The number of hydrogen-bond acceptors (Lipinski definition) is 5. The van der Waals surface area contributed by atoms with E-state index in [0.29, 0.717) is 11.6 Å². The SMILES string of the molecule is Cn1cc(C2CCC(N(C[C@@H](F)C(C)(C)O)c3cc(Cl)ncc3C(N)=O)CC2)cn1. The number of alkyl halides is 1. The van der Waals surface area contributed by atoms with E-state index in [1.54, 1.807) is 10.7 Å². The van der Waals surface area contributed by atoms with Crippen LogP contribution in [0.2, 0.25) is 5.15 Å². The molecule has 1 saturated carbocycles. The topological polar surface area (TPSA) is 97.3 Å². The number of primary amides is 1. The Morgan fingerprint density at radius 2 is 2.07 bits per heavy atom. The summed E-state index contributed by atoms with van der Waals surface area (Å²) in [4.78, 5) is 17.8. The minimum atomic E-state index is -1.53. The Hall–Kier alpha value is -2.19. The van der Waals surface area contributed by atoms with E-state index in [-0.39, 0.29) is 23.3 Å². The monoisotopic (exact) mass is 437 g/mol. The standard InChI is InChI=1S/C21H29ClFN5O2/c1-21(2,30)18(23)12-28(17-8-19(22)25-10-16(17)20(24)29)15-6-4-13(5-7-15)14-9-26-27(3)11-14/h8-11,13,15,18,30H,4-7,12H2,1-3H3,(H2,24,29)/t13?,15?,18-/m1/s1. The number of halogens is 2.